The summed E-state index contributed by atoms with van der Waals surface area (Å²) in [5.41, 5.74) is 2.39. The van der Waals surface area contributed by atoms with Crippen LogP contribution in [-0.4, -0.2) is 52.8 Å². The van der Waals surface area contributed by atoms with Gasteiger partial charge in [0.1, 0.15) is 17.6 Å². The third-order valence-electron chi connectivity index (χ3n) is 6.26. The van der Waals surface area contributed by atoms with Gasteiger partial charge in [0.2, 0.25) is 0 Å². The number of amides is 1. The molecule has 0 spiro atoms. The van der Waals surface area contributed by atoms with Crippen molar-refractivity contribution in [3.8, 4) is 0 Å². The summed E-state index contributed by atoms with van der Waals surface area (Å²) >= 11 is 0. The van der Waals surface area contributed by atoms with Crippen molar-refractivity contribution in [1.29, 1.82) is 0 Å². The maximum absolute atomic E-state index is 13.1. The van der Waals surface area contributed by atoms with E-state index < -0.39 is 17.7 Å². The van der Waals surface area contributed by atoms with Crippen LogP contribution in [0.3, 0.4) is 0 Å². The number of nitrogens with zero attached hydrogens (tertiary/aromatic N) is 2. The highest BCUT2D eigenvalue weighted by molar-refractivity contribution is 6.46. The number of aliphatic hydroxyl groups excluding tert-OH is 1. The van der Waals surface area contributed by atoms with E-state index >= 15 is 0 Å². The van der Waals surface area contributed by atoms with Crippen molar-refractivity contribution in [2.45, 2.75) is 53.0 Å². The lowest BCUT2D eigenvalue weighted by molar-refractivity contribution is -0.140. The third kappa shape index (κ3) is 4.51. The van der Waals surface area contributed by atoms with E-state index in [-0.39, 0.29) is 16.7 Å². The van der Waals surface area contributed by atoms with E-state index in [2.05, 4.69) is 39.5 Å². The van der Waals surface area contributed by atoms with Crippen molar-refractivity contribution in [3.63, 3.8) is 0 Å². The molecule has 1 fully saturated rings. The summed E-state index contributed by atoms with van der Waals surface area (Å²) in [5, 5.41) is 11.4. The van der Waals surface area contributed by atoms with Gasteiger partial charge in [0.25, 0.3) is 11.7 Å². The zero-order chi connectivity index (χ0) is 23.6. The van der Waals surface area contributed by atoms with E-state index in [0.29, 0.717) is 24.4 Å². The Morgan fingerprint density at radius 1 is 1.16 bits per heavy atom. The molecule has 2 heterocycles. The molecular formula is C26H34N2O4. The van der Waals surface area contributed by atoms with E-state index in [1.54, 1.807) is 12.1 Å². The lowest BCUT2D eigenvalue weighted by Gasteiger charge is -2.27. The van der Waals surface area contributed by atoms with Crippen LogP contribution in [0.25, 0.3) is 5.76 Å². The van der Waals surface area contributed by atoms with Gasteiger partial charge in [-0.25, -0.2) is 0 Å². The molecule has 1 unspecified atom stereocenters. The first-order chi connectivity index (χ1) is 15.1. The van der Waals surface area contributed by atoms with Gasteiger partial charge >= 0.3 is 0 Å². The van der Waals surface area contributed by atoms with Gasteiger partial charge in [-0.2, -0.15) is 0 Å². The molecule has 0 bridgehead atoms. The molecule has 2 aromatic rings. The van der Waals surface area contributed by atoms with Crippen LogP contribution in [0.4, 0.5) is 0 Å². The van der Waals surface area contributed by atoms with Crippen molar-refractivity contribution in [1.82, 2.24) is 9.80 Å². The number of benzene rings is 1. The van der Waals surface area contributed by atoms with Crippen molar-refractivity contribution in [2.75, 3.05) is 26.2 Å². The number of carbonyl (C=O) groups excluding carboxylic acids is 2. The van der Waals surface area contributed by atoms with Crippen LogP contribution in [0, 0.1) is 6.92 Å². The molecule has 172 valence electrons. The zero-order valence-corrected chi connectivity index (χ0v) is 19.9. The number of aliphatic hydroxyl groups is 1. The highest BCUT2D eigenvalue weighted by atomic mass is 16.3. The van der Waals surface area contributed by atoms with Crippen LogP contribution in [0.2, 0.25) is 0 Å². The monoisotopic (exact) mass is 438 g/mol. The Morgan fingerprint density at radius 3 is 2.41 bits per heavy atom. The molecule has 0 aliphatic carbocycles. The fourth-order valence-electron chi connectivity index (χ4n) is 4.13. The first kappa shape index (κ1) is 23.8. The molecule has 0 radical (unpaired) electrons. The second-order valence-corrected chi connectivity index (χ2v) is 9.31. The van der Waals surface area contributed by atoms with Crippen molar-refractivity contribution < 1.29 is 19.1 Å². The van der Waals surface area contributed by atoms with E-state index in [1.165, 1.54) is 11.2 Å². The fourth-order valence-corrected chi connectivity index (χ4v) is 4.13. The summed E-state index contributed by atoms with van der Waals surface area (Å²) in [5.74, 6) is -0.970. The molecule has 6 heteroatoms. The molecule has 32 heavy (non-hydrogen) atoms. The van der Waals surface area contributed by atoms with E-state index in [4.69, 9.17) is 4.42 Å². The number of likely N-dealkylation sites (N-methyl/N-ethyl adjacent to an activating group) is 1. The van der Waals surface area contributed by atoms with Crippen LogP contribution in [0.15, 0.2) is 46.6 Å². The Bertz CT molecular complexity index is 1010. The molecule has 1 aliphatic heterocycles. The number of furan rings is 1. The predicted octanol–water partition coefficient (Wildman–Crippen LogP) is 4.65. The Morgan fingerprint density at radius 2 is 1.84 bits per heavy atom. The number of aryl methyl sites for hydroxylation is 1. The molecule has 3 rings (SSSR count). The summed E-state index contributed by atoms with van der Waals surface area (Å²) in [7, 11) is 0. The smallest absolute Gasteiger partial charge is 0.295 e. The van der Waals surface area contributed by atoms with Crippen LogP contribution in [-0.2, 0) is 15.0 Å². The maximum Gasteiger partial charge on any atom is 0.295 e. The third-order valence-corrected chi connectivity index (χ3v) is 6.26. The van der Waals surface area contributed by atoms with Gasteiger partial charge in [0.15, 0.2) is 0 Å². The van der Waals surface area contributed by atoms with Gasteiger partial charge in [-0.1, -0.05) is 46.8 Å². The number of ketones is 1. The zero-order valence-electron chi connectivity index (χ0n) is 19.9. The summed E-state index contributed by atoms with van der Waals surface area (Å²) in [6.07, 6.45) is 1.52. The van der Waals surface area contributed by atoms with E-state index in [1.807, 2.05) is 25.1 Å². The first-order valence-corrected chi connectivity index (χ1v) is 11.3. The summed E-state index contributed by atoms with van der Waals surface area (Å²) in [6, 6.07) is 8.59. The van der Waals surface area contributed by atoms with Crippen LogP contribution >= 0.6 is 0 Å². The average Bonchev–Trinajstić information content (AvgIpc) is 3.35. The minimum Gasteiger partial charge on any atom is -0.507 e. The molecule has 6 nitrogen and oxygen atoms in total. The Kier molecular flexibility index (Phi) is 6.94. The molecule has 1 atom stereocenters. The average molecular weight is 439 g/mol. The predicted molar refractivity (Wildman–Crippen MR) is 125 cm³/mol. The Labute approximate surface area is 190 Å². The van der Waals surface area contributed by atoms with Crippen LogP contribution < -0.4 is 0 Å². The minimum absolute atomic E-state index is 0.0821. The second-order valence-electron chi connectivity index (χ2n) is 9.31. The van der Waals surface area contributed by atoms with Crippen LogP contribution in [0.5, 0.6) is 0 Å². The largest absolute Gasteiger partial charge is 0.507 e. The van der Waals surface area contributed by atoms with Gasteiger partial charge in [-0.15, -0.1) is 0 Å². The molecule has 1 aliphatic rings. The Balaban J connectivity index is 2.12. The van der Waals surface area contributed by atoms with Gasteiger partial charge < -0.3 is 19.3 Å². The molecular weight excluding hydrogens is 404 g/mol. The number of rotatable bonds is 7. The standard InChI is InChI=1S/C26H34N2O4/c1-7-27(8-2)13-14-28-22(20-10-9-15-32-20)21(24(30)25(28)31)23(29)19-16-18(26(4,5)6)12-11-17(19)3/h9-12,15-16,22,29H,7-8,13-14H2,1-6H3/b23-21+. The van der Waals surface area contributed by atoms with Gasteiger partial charge in [0, 0.05) is 18.7 Å². The molecule has 0 saturated carbocycles. The SMILES string of the molecule is CCN(CC)CCN1C(=O)C(=O)/C(=C(/O)c2cc(C(C)(C)C)ccc2C)C1c1ccco1. The maximum atomic E-state index is 13.1. The van der Waals surface area contributed by atoms with Gasteiger partial charge in [-0.05, 0) is 54.8 Å². The Hall–Kier alpha value is -2.86. The number of likely N-dealkylation sites (tertiary alicyclic amines) is 1. The quantitative estimate of drug-likeness (QED) is 0.387. The van der Waals surface area contributed by atoms with Crippen molar-refractivity contribution in [2.24, 2.45) is 0 Å². The number of hydrogen-bond donors (Lipinski definition) is 1. The molecule has 1 aromatic carbocycles. The lowest BCUT2D eigenvalue weighted by atomic mass is 9.84. The fraction of sp³-hybridized carbons (Fsp3) is 0.462. The van der Waals surface area contributed by atoms with Crippen LogP contribution in [0.1, 0.15) is 63.1 Å². The molecule has 1 N–H and O–H groups in total. The highest BCUT2D eigenvalue weighted by Gasteiger charge is 2.47. The second kappa shape index (κ2) is 9.33. The topological polar surface area (TPSA) is 74.0 Å². The lowest BCUT2D eigenvalue weighted by Crippen LogP contribution is -2.37. The first-order valence-electron chi connectivity index (χ1n) is 11.3. The van der Waals surface area contributed by atoms with E-state index in [0.717, 1.165) is 24.2 Å². The highest BCUT2D eigenvalue weighted by Crippen LogP contribution is 2.40. The summed E-state index contributed by atoms with van der Waals surface area (Å²) in [6.45, 7) is 15.0. The number of carbonyl (C=O) groups is 2. The van der Waals surface area contributed by atoms with Gasteiger partial charge in [-0.3, -0.25) is 9.59 Å². The number of hydrogen-bond acceptors (Lipinski definition) is 5. The summed E-state index contributed by atoms with van der Waals surface area (Å²) < 4.78 is 5.62. The van der Waals surface area contributed by atoms with E-state index in [9.17, 15) is 14.7 Å². The number of Topliss-reactive ketones (excluding diaryl/α,β-unsaturated/α-hetero) is 1. The summed E-state index contributed by atoms with van der Waals surface area (Å²) in [4.78, 5) is 29.9. The molecule has 1 saturated heterocycles. The van der Waals surface area contributed by atoms with Crippen molar-refractivity contribution in [3.05, 3.63) is 64.6 Å². The van der Waals surface area contributed by atoms with Crippen molar-refractivity contribution >= 4 is 17.4 Å². The van der Waals surface area contributed by atoms with Gasteiger partial charge in [0.05, 0.1) is 11.8 Å². The molecule has 1 aromatic heterocycles. The normalized spacial score (nSPS) is 18.7. The molecule has 1 amide bonds. The minimum atomic E-state index is -0.752.